The lowest BCUT2D eigenvalue weighted by Crippen LogP contribution is -2.35. The van der Waals surface area contributed by atoms with Crippen LogP contribution in [0.15, 0.2) is 45.9 Å². The van der Waals surface area contributed by atoms with Crippen LogP contribution in [0.5, 0.6) is 5.88 Å². The van der Waals surface area contributed by atoms with E-state index in [0.29, 0.717) is 54.5 Å². The van der Waals surface area contributed by atoms with Crippen molar-refractivity contribution in [2.24, 2.45) is 0 Å². The molecule has 0 saturated carbocycles. The number of alkyl halides is 3. The Hall–Kier alpha value is -3.14. The smallest absolute Gasteiger partial charge is 0.422 e. The zero-order chi connectivity index (χ0) is 20.4. The fraction of sp³-hybridized carbons (Fsp3) is 0.316. The van der Waals surface area contributed by atoms with Crippen LogP contribution in [0.2, 0.25) is 0 Å². The van der Waals surface area contributed by atoms with Crippen molar-refractivity contribution in [3.63, 3.8) is 0 Å². The van der Waals surface area contributed by atoms with Crippen LogP contribution in [0, 0.1) is 0 Å². The van der Waals surface area contributed by atoms with E-state index in [-0.39, 0.29) is 11.4 Å². The number of aromatic amines is 1. The molecule has 0 aromatic carbocycles. The first kappa shape index (κ1) is 19.2. The van der Waals surface area contributed by atoms with E-state index in [9.17, 15) is 18.0 Å². The number of hydrogen-bond acceptors (Lipinski definition) is 6. The van der Waals surface area contributed by atoms with Gasteiger partial charge in [-0.25, -0.2) is 9.97 Å². The van der Waals surface area contributed by atoms with Crippen molar-refractivity contribution < 1.29 is 22.3 Å². The van der Waals surface area contributed by atoms with E-state index in [1.165, 1.54) is 12.5 Å². The molecule has 1 aliphatic heterocycles. The van der Waals surface area contributed by atoms with E-state index in [0.717, 1.165) is 0 Å². The van der Waals surface area contributed by atoms with Crippen LogP contribution in [0.3, 0.4) is 0 Å². The standard InChI is InChI=1S/C19H17F3N4O3/c20-19(21,22)11-29-18-12(3-1-6-23-18)9-26-7-5-14-13(10-26)17(27)25-16(24-14)15-4-2-8-28-15/h1-4,6,8H,5,7,9-11H2,(H,24,25,27). The number of H-pyrrole nitrogens is 1. The quantitative estimate of drug-likeness (QED) is 0.702. The van der Waals surface area contributed by atoms with E-state index in [1.807, 2.05) is 4.90 Å². The maximum Gasteiger partial charge on any atom is 0.422 e. The molecule has 3 aromatic rings. The van der Waals surface area contributed by atoms with Gasteiger partial charge in [0.25, 0.3) is 5.56 Å². The van der Waals surface area contributed by atoms with Crippen LogP contribution in [0.1, 0.15) is 16.8 Å². The van der Waals surface area contributed by atoms with E-state index in [1.54, 1.807) is 24.3 Å². The van der Waals surface area contributed by atoms with Crippen molar-refractivity contribution >= 4 is 0 Å². The molecule has 1 N–H and O–H groups in total. The molecule has 0 bridgehead atoms. The second-order valence-electron chi connectivity index (χ2n) is 6.65. The molecule has 0 radical (unpaired) electrons. The number of nitrogens with zero attached hydrogens (tertiary/aromatic N) is 3. The molecule has 0 aliphatic carbocycles. The van der Waals surface area contributed by atoms with Crippen molar-refractivity contribution in [1.29, 1.82) is 0 Å². The van der Waals surface area contributed by atoms with Gasteiger partial charge in [-0.1, -0.05) is 6.07 Å². The molecule has 152 valence electrons. The van der Waals surface area contributed by atoms with Gasteiger partial charge in [0.1, 0.15) is 0 Å². The highest BCUT2D eigenvalue weighted by atomic mass is 19.4. The molecule has 4 heterocycles. The summed E-state index contributed by atoms with van der Waals surface area (Å²) < 4.78 is 47.5. The summed E-state index contributed by atoms with van der Waals surface area (Å²) in [6.45, 7) is -0.183. The number of nitrogens with one attached hydrogen (secondary N) is 1. The highest BCUT2D eigenvalue weighted by molar-refractivity contribution is 5.47. The van der Waals surface area contributed by atoms with Gasteiger partial charge in [0.05, 0.1) is 17.5 Å². The molecule has 0 atom stereocenters. The van der Waals surface area contributed by atoms with Gasteiger partial charge in [0.2, 0.25) is 5.88 Å². The summed E-state index contributed by atoms with van der Waals surface area (Å²) in [7, 11) is 0. The highest BCUT2D eigenvalue weighted by Crippen LogP contribution is 2.24. The van der Waals surface area contributed by atoms with Crippen LogP contribution < -0.4 is 10.3 Å². The molecule has 7 nitrogen and oxygen atoms in total. The average molecular weight is 406 g/mol. The Morgan fingerprint density at radius 1 is 1.28 bits per heavy atom. The topological polar surface area (TPSA) is 84.3 Å². The van der Waals surface area contributed by atoms with E-state index in [2.05, 4.69) is 15.0 Å². The van der Waals surface area contributed by atoms with Gasteiger partial charge in [-0.15, -0.1) is 0 Å². The molecule has 29 heavy (non-hydrogen) atoms. The lowest BCUT2D eigenvalue weighted by molar-refractivity contribution is -0.154. The molecule has 0 amide bonds. The normalized spacial score (nSPS) is 14.6. The number of pyridine rings is 1. The minimum Gasteiger partial charge on any atom is -0.468 e. The summed E-state index contributed by atoms with van der Waals surface area (Å²) in [6.07, 6.45) is -1.02. The van der Waals surface area contributed by atoms with Gasteiger partial charge in [0, 0.05) is 37.8 Å². The van der Waals surface area contributed by atoms with E-state index < -0.39 is 12.8 Å². The van der Waals surface area contributed by atoms with Gasteiger partial charge in [-0.2, -0.15) is 13.2 Å². The van der Waals surface area contributed by atoms with Crippen LogP contribution in [-0.4, -0.2) is 39.2 Å². The summed E-state index contributed by atoms with van der Waals surface area (Å²) in [4.78, 5) is 25.6. The van der Waals surface area contributed by atoms with Gasteiger partial charge in [-0.05, 0) is 18.2 Å². The van der Waals surface area contributed by atoms with E-state index >= 15 is 0 Å². The Bertz CT molecular complexity index is 1050. The number of fused-ring (bicyclic) bond motifs is 1. The van der Waals surface area contributed by atoms with Crippen molar-refractivity contribution in [3.05, 3.63) is 63.9 Å². The molecule has 3 aromatic heterocycles. The molecule has 4 rings (SSSR count). The summed E-state index contributed by atoms with van der Waals surface area (Å²) >= 11 is 0. The number of rotatable bonds is 5. The maximum atomic E-state index is 12.5. The maximum absolute atomic E-state index is 12.5. The highest BCUT2D eigenvalue weighted by Gasteiger charge is 2.29. The summed E-state index contributed by atoms with van der Waals surface area (Å²) in [6, 6.07) is 6.72. The molecular weight excluding hydrogens is 389 g/mol. The fourth-order valence-electron chi connectivity index (χ4n) is 3.21. The summed E-state index contributed by atoms with van der Waals surface area (Å²) in [5.41, 5.74) is 1.49. The van der Waals surface area contributed by atoms with Crippen molar-refractivity contribution in [2.45, 2.75) is 25.7 Å². The zero-order valence-electron chi connectivity index (χ0n) is 15.2. The lowest BCUT2D eigenvalue weighted by atomic mass is 10.1. The molecule has 1 aliphatic rings. The van der Waals surface area contributed by atoms with Gasteiger partial charge < -0.3 is 14.1 Å². The Labute approximate surface area is 163 Å². The molecular formula is C19H17F3N4O3. The first-order valence-electron chi connectivity index (χ1n) is 8.91. The zero-order valence-corrected chi connectivity index (χ0v) is 15.2. The first-order valence-corrected chi connectivity index (χ1v) is 8.91. The monoisotopic (exact) mass is 406 g/mol. The average Bonchev–Trinajstić information content (AvgIpc) is 3.22. The second kappa shape index (κ2) is 7.70. The minimum absolute atomic E-state index is 0.0594. The van der Waals surface area contributed by atoms with Crippen molar-refractivity contribution in [2.75, 3.05) is 13.2 Å². The number of ether oxygens (including phenoxy) is 1. The summed E-state index contributed by atoms with van der Waals surface area (Å²) in [5.74, 6) is 0.798. The Morgan fingerprint density at radius 3 is 2.90 bits per heavy atom. The van der Waals surface area contributed by atoms with Crippen LogP contribution >= 0.6 is 0 Å². The van der Waals surface area contributed by atoms with Crippen molar-refractivity contribution in [3.8, 4) is 17.5 Å². The molecule has 0 fully saturated rings. The number of aromatic nitrogens is 3. The second-order valence-corrected chi connectivity index (χ2v) is 6.65. The van der Waals surface area contributed by atoms with Gasteiger partial charge in [-0.3, -0.25) is 9.69 Å². The Balaban J connectivity index is 1.51. The first-order chi connectivity index (χ1) is 13.9. The van der Waals surface area contributed by atoms with Crippen molar-refractivity contribution in [1.82, 2.24) is 19.9 Å². The van der Waals surface area contributed by atoms with E-state index in [4.69, 9.17) is 9.15 Å². The van der Waals surface area contributed by atoms with Crippen LogP contribution in [-0.2, 0) is 19.5 Å². The largest absolute Gasteiger partial charge is 0.468 e. The Morgan fingerprint density at radius 2 is 2.14 bits per heavy atom. The third-order valence-corrected chi connectivity index (χ3v) is 4.52. The predicted octanol–water partition coefficient (Wildman–Crippen LogP) is 2.92. The number of halogens is 3. The lowest BCUT2D eigenvalue weighted by Gasteiger charge is -2.28. The van der Waals surface area contributed by atoms with Crippen LogP contribution in [0.25, 0.3) is 11.6 Å². The van der Waals surface area contributed by atoms with Gasteiger partial charge in [0.15, 0.2) is 18.2 Å². The molecule has 0 spiro atoms. The number of hydrogen-bond donors (Lipinski definition) is 1. The predicted molar refractivity (Wildman–Crippen MR) is 96.2 cm³/mol. The third-order valence-electron chi connectivity index (χ3n) is 4.52. The Kier molecular flexibility index (Phi) is 5.10. The van der Waals surface area contributed by atoms with Gasteiger partial charge >= 0.3 is 6.18 Å². The summed E-state index contributed by atoms with van der Waals surface area (Å²) in [5, 5.41) is 0. The SMILES string of the molecule is O=c1[nH]c(-c2ccco2)nc2c1CN(Cc1cccnc1OCC(F)(F)F)CC2. The fourth-order valence-corrected chi connectivity index (χ4v) is 3.21. The third kappa shape index (κ3) is 4.48. The molecule has 0 saturated heterocycles. The van der Waals surface area contributed by atoms with Crippen LogP contribution in [0.4, 0.5) is 13.2 Å². The molecule has 0 unspecified atom stereocenters. The molecule has 10 heteroatoms. The minimum atomic E-state index is -4.44. The number of furan rings is 1.